The minimum Gasteiger partial charge on any atom is -0.287 e. The van der Waals surface area contributed by atoms with Crippen molar-refractivity contribution in [2.45, 2.75) is 18.3 Å². The lowest BCUT2D eigenvalue weighted by Crippen LogP contribution is -2.34. The molecule has 0 N–H and O–H groups in total. The summed E-state index contributed by atoms with van der Waals surface area (Å²) in [6, 6.07) is 17.9. The number of hydrogen-bond donors (Lipinski definition) is 0. The van der Waals surface area contributed by atoms with Crippen LogP contribution in [0.2, 0.25) is 0 Å². The molecule has 0 aromatic heterocycles. The molecule has 0 fully saturated rings. The second kappa shape index (κ2) is 4.93. The van der Waals surface area contributed by atoms with Gasteiger partial charge in [-0.1, -0.05) is 70.0 Å². The van der Waals surface area contributed by atoms with Crippen LogP contribution in [0.3, 0.4) is 0 Å². The first-order valence-electron chi connectivity index (χ1n) is 7.95. The highest BCUT2D eigenvalue weighted by Crippen LogP contribution is 2.56. The minimum absolute atomic E-state index is 0.265. The van der Waals surface area contributed by atoms with Crippen molar-refractivity contribution in [3.8, 4) is 11.1 Å². The van der Waals surface area contributed by atoms with Gasteiger partial charge in [-0.15, -0.1) is 0 Å². The Kier molecular flexibility index (Phi) is 3.20. The van der Waals surface area contributed by atoms with Gasteiger partial charge in [-0.25, -0.2) is 0 Å². The van der Waals surface area contributed by atoms with E-state index in [1.807, 2.05) is 0 Å². The average Bonchev–Trinajstić information content (AvgIpc) is 2.78. The van der Waals surface area contributed by atoms with Crippen molar-refractivity contribution in [3.63, 3.8) is 0 Å². The second-order valence-corrected chi connectivity index (χ2v) is 7.87. The molecule has 1 unspecified atom stereocenters. The summed E-state index contributed by atoms with van der Waals surface area (Å²) >= 11 is 4.09. The van der Waals surface area contributed by atoms with Crippen LogP contribution in [0.5, 0.6) is 0 Å². The molecule has 0 amide bonds. The maximum Gasteiger partial charge on any atom is 0.129 e. The molecule has 0 radical (unpaired) electrons. The second-order valence-electron chi connectivity index (χ2n) is 6.73. The van der Waals surface area contributed by atoms with Gasteiger partial charge < -0.3 is 0 Å². The van der Waals surface area contributed by atoms with E-state index in [1.165, 1.54) is 44.2 Å². The van der Waals surface area contributed by atoms with Gasteiger partial charge in [0.05, 0.1) is 0 Å². The predicted molar refractivity (Wildman–Crippen MR) is 102 cm³/mol. The Hall–Kier alpha value is -1.64. The third-order valence-electron chi connectivity index (χ3n) is 5.03. The van der Waals surface area contributed by atoms with E-state index in [1.54, 1.807) is 0 Å². The molecule has 1 aliphatic rings. The van der Waals surface area contributed by atoms with Gasteiger partial charge in [-0.3, -0.25) is 4.90 Å². The molecule has 0 bridgehead atoms. The van der Waals surface area contributed by atoms with Crippen LogP contribution in [0.25, 0.3) is 21.9 Å². The summed E-state index contributed by atoms with van der Waals surface area (Å²) in [4.78, 5) is 2.27. The molecule has 1 atom stereocenters. The Morgan fingerprint density at radius 1 is 0.870 bits per heavy atom. The van der Waals surface area contributed by atoms with Gasteiger partial charge in [-0.2, -0.15) is 0 Å². The summed E-state index contributed by atoms with van der Waals surface area (Å²) in [6.07, 6.45) is 0. The first kappa shape index (κ1) is 14.9. The Morgan fingerprint density at radius 3 is 2.26 bits per heavy atom. The zero-order chi connectivity index (χ0) is 16.4. The fraction of sp³-hybridized carbons (Fsp3) is 0.238. The maximum atomic E-state index is 4.09. The van der Waals surface area contributed by atoms with Crippen molar-refractivity contribution >= 4 is 26.7 Å². The zero-order valence-corrected chi connectivity index (χ0v) is 15.5. The first-order chi connectivity index (χ1) is 10.9. The van der Waals surface area contributed by atoms with E-state index in [2.05, 4.69) is 97.3 Å². The van der Waals surface area contributed by atoms with Crippen molar-refractivity contribution in [2.24, 2.45) is 0 Å². The van der Waals surface area contributed by atoms with Crippen molar-refractivity contribution in [1.29, 1.82) is 0 Å². The topological polar surface area (TPSA) is 3.24 Å². The van der Waals surface area contributed by atoms with E-state index >= 15 is 0 Å². The molecule has 4 rings (SSSR count). The summed E-state index contributed by atoms with van der Waals surface area (Å²) in [5.74, 6) is 0. The highest BCUT2D eigenvalue weighted by Gasteiger charge is 2.44. The lowest BCUT2D eigenvalue weighted by molar-refractivity contribution is 0.318. The van der Waals surface area contributed by atoms with Crippen LogP contribution in [-0.4, -0.2) is 19.0 Å². The van der Waals surface area contributed by atoms with Crippen LogP contribution < -0.4 is 0 Å². The van der Waals surface area contributed by atoms with Crippen molar-refractivity contribution in [2.75, 3.05) is 14.1 Å². The van der Waals surface area contributed by atoms with Crippen LogP contribution in [0.15, 0.2) is 48.5 Å². The molecular weight excluding hydrogens is 346 g/mol. The van der Waals surface area contributed by atoms with Gasteiger partial charge in [-0.05, 0) is 66.5 Å². The maximum absolute atomic E-state index is 4.09. The molecule has 1 aliphatic carbocycles. The predicted octanol–water partition coefficient (Wildman–Crippen LogP) is 5.59. The molecule has 3 aromatic rings. The summed E-state index contributed by atoms with van der Waals surface area (Å²) < 4.78 is -0.265. The molecule has 0 saturated heterocycles. The van der Waals surface area contributed by atoms with Gasteiger partial charge in [0, 0.05) is 0 Å². The number of rotatable bonds is 1. The molecule has 0 aliphatic heterocycles. The monoisotopic (exact) mass is 365 g/mol. The number of benzene rings is 3. The van der Waals surface area contributed by atoms with E-state index in [-0.39, 0.29) is 4.45 Å². The number of aryl methyl sites for hydroxylation is 2. The molecule has 0 spiro atoms. The molecule has 1 nitrogen and oxygen atoms in total. The van der Waals surface area contributed by atoms with E-state index in [0.29, 0.717) is 0 Å². The van der Waals surface area contributed by atoms with Crippen LogP contribution in [0.4, 0.5) is 0 Å². The number of halogens is 1. The van der Waals surface area contributed by atoms with Gasteiger partial charge in [0.1, 0.15) is 4.45 Å². The average molecular weight is 366 g/mol. The molecular formula is C21H20BrN. The zero-order valence-electron chi connectivity index (χ0n) is 13.9. The van der Waals surface area contributed by atoms with Gasteiger partial charge in [0.25, 0.3) is 0 Å². The molecule has 3 aromatic carbocycles. The molecule has 0 heterocycles. The van der Waals surface area contributed by atoms with Crippen LogP contribution >= 0.6 is 15.9 Å². The standard InChI is InChI=1S/C21H20BrN/c1-13-9-10-17-18(11-13)21(22,23(3)4)19-12-14(2)15-7-5-6-8-16(15)20(17)19/h5-12H,1-4H3. The summed E-state index contributed by atoms with van der Waals surface area (Å²) in [5.41, 5.74) is 8.02. The molecule has 0 saturated carbocycles. The Balaban J connectivity index is 2.22. The van der Waals surface area contributed by atoms with Gasteiger partial charge in [0.2, 0.25) is 0 Å². The van der Waals surface area contributed by atoms with E-state index < -0.39 is 0 Å². The van der Waals surface area contributed by atoms with Crippen molar-refractivity contribution in [1.82, 2.24) is 4.90 Å². The van der Waals surface area contributed by atoms with E-state index in [0.717, 1.165) is 0 Å². The van der Waals surface area contributed by atoms with Crippen LogP contribution in [0, 0.1) is 13.8 Å². The number of nitrogens with zero attached hydrogens (tertiary/aromatic N) is 1. The summed E-state index contributed by atoms with van der Waals surface area (Å²) in [5, 5.41) is 2.68. The lowest BCUT2D eigenvalue weighted by Gasteiger charge is -2.33. The normalized spacial score (nSPS) is 19.2. The third-order valence-corrected chi connectivity index (χ3v) is 6.59. The van der Waals surface area contributed by atoms with Gasteiger partial charge >= 0.3 is 0 Å². The molecule has 2 heteroatoms. The molecule has 116 valence electrons. The van der Waals surface area contributed by atoms with E-state index in [9.17, 15) is 0 Å². The molecule has 23 heavy (non-hydrogen) atoms. The lowest BCUT2D eigenvalue weighted by atomic mass is 9.94. The first-order valence-corrected chi connectivity index (χ1v) is 8.74. The van der Waals surface area contributed by atoms with Crippen molar-refractivity contribution < 1.29 is 0 Å². The SMILES string of the molecule is Cc1ccc2c(c1)C(Br)(N(C)C)c1cc(C)c3ccccc3c1-2. The fourth-order valence-corrected chi connectivity index (χ4v) is 4.53. The summed E-state index contributed by atoms with van der Waals surface area (Å²) in [7, 11) is 4.28. The largest absolute Gasteiger partial charge is 0.287 e. The fourth-order valence-electron chi connectivity index (χ4n) is 3.89. The number of hydrogen-bond acceptors (Lipinski definition) is 1. The Morgan fingerprint density at radius 2 is 1.57 bits per heavy atom. The Labute approximate surface area is 146 Å². The summed E-state index contributed by atoms with van der Waals surface area (Å²) in [6.45, 7) is 4.37. The third kappa shape index (κ3) is 1.88. The van der Waals surface area contributed by atoms with Gasteiger partial charge in [0.15, 0.2) is 0 Å². The van der Waals surface area contributed by atoms with Crippen molar-refractivity contribution in [3.05, 3.63) is 70.8 Å². The Bertz CT molecular complexity index is 942. The quantitative estimate of drug-likeness (QED) is 0.401. The smallest absolute Gasteiger partial charge is 0.129 e. The minimum atomic E-state index is -0.265. The van der Waals surface area contributed by atoms with E-state index in [4.69, 9.17) is 0 Å². The number of fused-ring (bicyclic) bond motifs is 5. The van der Waals surface area contributed by atoms with Crippen LogP contribution in [0.1, 0.15) is 22.3 Å². The highest BCUT2D eigenvalue weighted by molar-refractivity contribution is 9.09. The van der Waals surface area contributed by atoms with Crippen LogP contribution in [-0.2, 0) is 4.45 Å². The highest BCUT2D eigenvalue weighted by atomic mass is 79.9. The number of alkyl halides is 1.